The van der Waals surface area contributed by atoms with E-state index in [1.807, 2.05) is 6.07 Å². The number of nitrogens with one attached hydrogen (secondary N) is 1. The van der Waals surface area contributed by atoms with Crippen molar-refractivity contribution in [1.29, 1.82) is 0 Å². The van der Waals surface area contributed by atoms with Crippen molar-refractivity contribution in [3.63, 3.8) is 0 Å². The minimum atomic E-state index is -0.288. The molecule has 1 saturated heterocycles. The van der Waals surface area contributed by atoms with E-state index in [4.69, 9.17) is 4.42 Å². The van der Waals surface area contributed by atoms with Gasteiger partial charge >= 0.3 is 0 Å². The predicted molar refractivity (Wildman–Crippen MR) is 100 cm³/mol. The highest BCUT2D eigenvalue weighted by Gasteiger charge is 2.25. The van der Waals surface area contributed by atoms with E-state index in [1.165, 1.54) is 12.3 Å². The smallest absolute Gasteiger partial charge is 0.289 e. The number of aliphatic imine (C=N–C) groups is 1. The van der Waals surface area contributed by atoms with Crippen LogP contribution in [0.2, 0.25) is 0 Å². The number of nitrogens with zero attached hydrogens (tertiary/aromatic N) is 3. The first-order chi connectivity index (χ1) is 12.6. The Kier molecular flexibility index (Phi) is 5.92. The molecule has 1 aromatic heterocycles. The molecule has 26 heavy (non-hydrogen) atoms. The maximum Gasteiger partial charge on any atom is 0.289 e. The van der Waals surface area contributed by atoms with Crippen LogP contribution in [0.15, 0.2) is 50.5 Å². The number of hydrogen-bond donors (Lipinski definition) is 1. The molecule has 3 rings (SSSR count). The average molecular weight is 423 g/mol. The van der Waals surface area contributed by atoms with E-state index in [0.29, 0.717) is 43.0 Å². The third-order valence-electron chi connectivity index (χ3n) is 4.24. The summed E-state index contributed by atoms with van der Waals surface area (Å²) < 4.78 is 19.2. The minimum Gasteiger partial charge on any atom is -0.459 e. The topological polar surface area (TPSA) is 61.1 Å². The zero-order valence-electron chi connectivity index (χ0n) is 14.4. The Morgan fingerprint density at radius 2 is 2.00 bits per heavy atom. The molecule has 1 fully saturated rings. The second-order valence-corrected chi connectivity index (χ2v) is 6.76. The van der Waals surface area contributed by atoms with E-state index in [2.05, 4.69) is 31.1 Å². The van der Waals surface area contributed by atoms with Gasteiger partial charge in [0.25, 0.3) is 5.91 Å². The molecule has 1 aliphatic rings. The lowest BCUT2D eigenvalue weighted by Crippen LogP contribution is -2.53. The quantitative estimate of drug-likeness (QED) is 0.610. The summed E-state index contributed by atoms with van der Waals surface area (Å²) in [5.74, 6) is 0.712. The van der Waals surface area contributed by atoms with Crippen LogP contribution in [0, 0.1) is 5.82 Å². The summed E-state index contributed by atoms with van der Waals surface area (Å²) in [7, 11) is 1.71. The molecule has 0 spiro atoms. The summed E-state index contributed by atoms with van der Waals surface area (Å²) in [5, 5.41) is 3.25. The molecular weight excluding hydrogens is 403 g/mol. The van der Waals surface area contributed by atoms with E-state index in [-0.39, 0.29) is 11.7 Å². The number of amides is 1. The van der Waals surface area contributed by atoms with Gasteiger partial charge < -0.3 is 19.5 Å². The second-order valence-electron chi connectivity index (χ2n) is 5.91. The van der Waals surface area contributed by atoms with Crippen LogP contribution in [0.1, 0.15) is 16.1 Å². The molecule has 0 aliphatic carbocycles. The Hall–Kier alpha value is -2.35. The second kappa shape index (κ2) is 8.35. The van der Waals surface area contributed by atoms with E-state index >= 15 is 0 Å². The Morgan fingerprint density at radius 3 is 2.62 bits per heavy atom. The molecule has 6 nitrogen and oxygen atoms in total. The van der Waals surface area contributed by atoms with Crippen LogP contribution in [-0.4, -0.2) is 54.9 Å². The van der Waals surface area contributed by atoms with Crippen LogP contribution in [0.25, 0.3) is 0 Å². The van der Waals surface area contributed by atoms with Crippen LogP contribution in [0.3, 0.4) is 0 Å². The van der Waals surface area contributed by atoms with Gasteiger partial charge in [0.15, 0.2) is 11.7 Å². The number of guanidine groups is 1. The highest BCUT2D eigenvalue weighted by atomic mass is 79.9. The SMILES string of the molecule is CN=C(NCc1ccc(Br)c(F)c1)N1CCN(C(=O)c2ccco2)CC1. The van der Waals surface area contributed by atoms with Crippen LogP contribution < -0.4 is 5.32 Å². The number of carbonyl (C=O) groups excluding carboxylic acids is 1. The number of benzene rings is 1. The molecule has 2 heterocycles. The zero-order chi connectivity index (χ0) is 18.5. The lowest BCUT2D eigenvalue weighted by molar-refractivity contribution is 0.0657. The minimum absolute atomic E-state index is 0.0945. The van der Waals surface area contributed by atoms with Crippen molar-refractivity contribution in [1.82, 2.24) is 15.1 Å². The van der Waals surface area contributed by atoms with Gasteiger partial charge in [-0.3, -0.25) is 9.79 Å². The summed E-state index contributed by atoms with van der Waals surface area (Å²) in [6, 6.07) is 8.42. The monoisotopic (exact) mass is 422 g/mol. The van der Waals surface area contributed by atoms with Crippen molar-refractivity contribution in [2.75, 3.05) is 33.2 Å². The van der Waals surface area contributed by atoms with Crippen molar-refractivity contribution in [3.8, 4) is 0 Å². The van der Waals surface area contributed by atoms with E-state index in [1.54, 1.807) is 30.1 Å². The molecule has 0 bridgehead atoms. The van der Waals surface area contributed by atoms with Crippen LogP contribution in [-0.2, 0) is 6.54 Å². The van der Waals surface area contributed by atoms with Gasteiger partial charge in [0.2, 0.25) is 0 Å². The summed E-state index contributed by atoms with van der Waals surface area (Å²) in [5.41, 5.74) is 0.832. The molecule has 1 amide bonds. The third-order valence-corrected chi connectivity index (χ3v) is 4.89. The molecule has 138 valence electrons. The Morgan fingerprint density at radius 1 is 1.27 bits per heavy atom. The fourth-order valence-electron chi connectivity index (χ4n) is 2.84. The number of furan rings is 1. The zero-order valence-corrected chi connectivity index (χ0v) is 16.0. The first-order valence-corrected chi connectivity index (χ1v) is 9.10. The number of rotatable bonds is 3. The van der Waals surface area contributed by atoms with Gasteiger partial charge in [-0.25, -0.2) is 4.39 Å². The van der Waals surface area contributed by atoms with E-state index in [0.717, 1.165) is 11.5 Å². The van der Waals surface area contributed by atoms with E-state index < -0.39 is 0 Å². The number of halogens is 2. The van der Waals surface area contributed by atoms with Crippen molar-refractivity contribution >= 4 is 27.8 Å². The van der Waals surface area contributed by atoms with Crippen molar-refractivity contribution < 1.29 is 13.6 Å². The molecule has 2 aromatic rings. The fraction of sp³-hybridized carbons (Fsp3) is 0.333. The Labute approximate surface area is 159 Å². The molecular formula is C18H20BrFN4O2. The first kappa shape index (κ1) is 18.4. The lowest BCUT2D eigenvalue weighted by atomic mass is 10.2. The molecule has 0 atom stereocenters. The Balaban J connectivity index is 1.53. The summed E-state index contributed by atoms with van der Waals surface area (Å²) in [4.78, 5) is 20.5. The third kappa shape index (κ3) is 4.24. The van der Waals surface area contributed by atoms with Gasteiger partial charge in [-0.15, -0.1) is 0 Å². The maximum atomic E-state index is 13.6. The first-order valence-electron chi connectivity index (χ1n) is 8.31. The van der Waals surface area contributed by atoms with Gasteiger partial charge in [0, 0.05) is 39.8 Å². The fourth-order valence-corrected chi connectivity index (χ4v) is 3.09. The molecule has 0 radical (unpaired) electrons. The largest absolute Gasteiger partial charge is 0.459 e. The molecule has 8 heteroatoms. The molecule has 0 unspecified atom stereocenters. The van der Waals surface area contributed by atoms with Gasteiger partial charge in [0.05, 0.1) is 10.7 Å². The molecule has 1 aromatic carbocycles. The van der Waals surface area contributed by atoms with Crippen LogP contribution in [0.4, 0.5) is 4.39 Å². The molecule has 0 saturated carbocycles. The molecule has 1 aliphatic heterocycles. The van der Waals surface area contributed by atoms with Gasteiger partial charge in [0.1, 0.15) is 5.82 Å². The lowest BCUT2D eigenvalue weighted by Gasteiger charge is -2.36. The Bertz CT molecular complexity index is 786. The maximum absolute atomic E-state index is 13.6. The summed E-state index contributed by atoms with van der Waals surface area (Å²) >= 11 is 3.15. The number of carbonyl (C=O) groups is 1. The number of piperazine rings is 1. The van der Waals surface area contributed by atoms with Gasteiger partial charge in [-0.05, 0) is 45.8 Å². The standard InChI is InChI=1S/C18H20BrFN4O2/c1-21-18(22-12-13-4-5-14(19)15(20)11-13)24-8-6-23(7-9-24)17(25)16-3-2-10-26-16/h2-5,10-11H,6-9,12H2,1H3,(H,21,22). The molecule has 1 N–H and O–H groups in total. The van der Waals surface area contributed by atoms with Gasteiger partial charge in [-0.1, -0.05) is 6.07 Å². The van der Waals surface area contributed by atoms with Crippen LogP contribution >= 0.6 is 15.9 Å². The van der Waals surface area contributed by atoms with E-state index in [9.17, 15) is 9.18 Å². The highest BCUT2D eigenvalue weighted by molar-refractivity contribution is 9.10. The van der Waals surface area contributed by atoms with Crippen molar-refractivity contribution in [2.24, 2.45) is 4.99 Å². The normalized spacial score (nSPS) is 15.3. The summed E-state index contributed by atoms with van der Waals surface area (Å²) in [6.45, 7) is 2.99. The average Bonchev–Trinajstić information content (AvgIpc) is 3.20. The summed E-state index contributed by atoms with van der Waals surface area (Å²) in [6.07, 6.45) is 1.50. The highest BCUT2D eigenvalue weighted by Crippen LogP contribution is 2.16. The number of hydrogen-bond acceptors (Lipinski definition) is 3. The van der Waals surface area contributed by atoms with Crippen molar-refractivity contribution in [3.05, 3.63) is 58.2 Å². The predicted octanol–water partition coefficient (Wildman–Crippen LogP) is 2.71. The van der Waals surface area contributed by atoms with Crippen LogP contribution in [0.5, 0.6) is 0 Å². The van der Waals surface area contributed by atoms with Gasteiger partial charge in [-0.2, -0.15) is 0 Å². The van der Waals surface area contributed by atoms with Crippen molar-refractivity contribution in [2.45, 2.75) is 6.54 Å².